The summed E-state index contributed by atoms with van der Waals surface area (Å²) in [6, 6.07) is 4.82. The highest BCUT2D eigenvalue weighted by atomic mass is 35.5. The van der Waals surface area contributed by atoms with Gasteiger partial charge in [-0.2, -0.15) is 0 Å². The van der Waals surface area contributed by atoms with Gasteiger partial charge in [-0.25, -0.2) is 9.78 Å². The first-order valence-corrected chi connectivity index (χ1v) is 10.00. The first kappa shape index (κ1) is 21.9. The summed E-state index contributed by atoms with van der Waals surface area (Å²) in [6.45, 7) is 3.04. The molecule has 1 aliphatic rings. The number of aromatic nitrogens is 2. The Balaban J connectivity index is 1.71. The van der Waals surface area contributed by atoms with Crippen LogP contribution in [0.4, 0.5) is 5.69 Å². The molecule has 1 amide bonds. The highest BCUT2D eigenvalue weighted by Crippen LogP contribution is 2.28. The fourth-order valence-electron chi connectivity index (χ4n) is 3.58. The largest absolute Gasteiger partial charge is 0.496 e. The number of methoxy groups -OCH3 is 2. The van der Waals surface area contributed by atoms with E-state index < -0.39 is 5.97 Å². The molecule has 0 bridgehead atoms. The number of hydrogen-bond acceptors (Lipinski definition) is 6. The van der Waals surface area contributed by atoms with Crippen molar-refractivity contribution < 1.29 is 24.2 Å². The number of aromatic amines is 1. The third-order valence-corrected chi connectivity index (χ3v) is 5.57. The minimum Gasteiger partial charge on any atom is -0.496 e. The molecule has 0 radical (unpaired) electrons. The fourth-order valence-corrected chi connectivity index (χ4v) is 3.85. The van der Waals surface area contributed by atoms with E-state index >= 15 is 0 Å². The summed E-state index contributed by atoms with van der Waals surface area (Å²) in [6.07, 6.45) is 0.987. The van der Waals surface area contributed by atoms with Crippen LogP contribution in [0.3, 0.4) is 0 Å². The van der Waals surface area contributed by atoms with Crippen molar-refractivity contribution in [2.24, 2.45) is 0 Å². The van der Waals surface area contributed by atoms with Crippen LogP contribution in [0.1, 0.15) is 40.0 Å². The number of aryl methyl sites for hydroxylation is 1. The van der Waals surface area contributed by atoms with Crippen molar-refractivity contribution in [2.45, 2.75) is 31.9 Å². The quantitative estimate of drug-likeness (QED) is 0.609. The second kappa shape index (κ2) is 9.36. The SMILES string of the molecule is CCc1[nH]c(C(=O)N[C@H]2CCN(c3ccc(OC)c(C(=O)O)c3)C[C@H]2OC)nc1Cl. The van der Waals surface area contributed by atoms with E-state index in [-0.39, 0.29) is 29.4 Å². The molecule has 9 nitrogen and oxygen atoms in total. The third-order valence-electron chi connectivity index (χ3n) is 5.25. The number of nitrogens with zero attached hydrogens (tertiary/aromatic N) is 2. The van der Waals surface area contributed by atoms with Crippen molar-refractivity contribution >= 4 is 29.2 Å². The molecule has 1 saturated heterocycles. The van der Waals surface area contributed by atoms with Gasteiger partial charge in [0, 0.05) is 25.9 Å². The van der Waals surface area contributed by atoms with Gasteiger partial charge in [0.1, 0.15) is 11.3 Å². The number of carboxylic acids is 1. The molecule has 1 aromatic carbocycles. The molecule has 30 heavy (non-hydrogen) atoms. The smallest absolute Gasteiger partial charge is 0.339 e. The zero-order valence-corrected chi connectivity index (χ0v) is 17.8. The molecule has 1 aliphatic heterocycles. The topological polar surface area (TPSA) is 117 Å². The van der Waals surface area contributed by atoms with Crippen molar-refractivity contribution in [3.63, 3.8) is 0 Å². The van der Waals surface area contributed by atoms with Crippen LogP contribution in [0.25, 0.3) is 0 Å². The highest BCUT2D eigenvalue weighted by Gasteiger charge is 2.32. The number of carbonyl (C=O) groups is 2. The average molecular weight is 437 g/mol. The lowest BCUT2D eigenvalue weighted by Gasteiger charge is -2.39. The predicted molar refractivity (Wildman–Crippen MR) is 112 cm³/mol. The van der Waals surface area contributed by atoms with Gasteiger partial charge < -0.3 is 29.8 Å². The van der Waals surface area contributed by atoms with Gasteiger partial charge in [-0.3, -0.25) is 4.79 Å². The second-order valence-electron chi connectivity index (χ2n) is 6.99. The minimum atomic E-state index is -1.05. The molecule has 10 heteroatoms. The van der Waals surface area contributed by atoms with E-state index in [4.69, 9.17) is 21.1 Å². The van der Waals surface area contributed by atoms with E-state index in [0.29, 0.717) is 42.5 Å². The molecule has 0 aliphatic carbocycles. The van der Waals surface area contributed by atoms with Crippen molar-refractivity contribution in [1.29, 1.82) is 0 Å². The molecule has 162 valence electrons. The predicted octanol–water partition coefficient (Wildman–Crippen LogP) is 2.36. The van der Waals surface area contributed by atoms with Crippen LogP contribution in [0, 0.1) is 0 Å². The number of amides is 1. The molecular weight excluding hydrogens is 412 g/mol. The number of aromatic carboxylic acids is 1. The van der Waals surface area contributed by atoms with Gasteiger partial charge in [0.15, 0.2) is 11.0 Å². The Kier molecular flexibility index (Phi) is 6.84. The standard InChI is InChI=1S/C20H25ClN4O5/c1-4-13-17(21)24-18(22-13)19(26)23-14-7-8-25(10-16(14)30-3)11-5-6-15(29-2)12(9-11)20(27)28/h5-6,9,14,16H,4,7-8,10H2,1-3H3,(H,22,24)(H,23,26)(H,27,28)/t14-,16+/m0/s1. The van der Waals surface area contributed by atoms with Crippen molar-refractivity contribution in [1.82, 2.24) is 15.3 Å². The Hall–Kier alpha value is -2.78. The summed E-state index contributed by atoms with van der Waals surface area (Å²) in [7, 11) is 3.02. The number of carbonyl (C=O) groups excluding carboxylic acids is 1. The molecule has 0 spiro atoms. The van der Waals surface area contributed by atoms with Crippen LogP contribution < -0.4 is 15.0 Å². The normalized spacial score (nSPS) is 18.9. The van der Waals surface area contributed by atoms with E-state index in [9.17, 15) is 14.7 Å². The molecular formula is C20H25ClN4O5. The third kappa shape index (κ3) is 4.52. The summed E-state index contributed by atoms with van der Waals surface area (Å²) in [5.41, 5.74) is 1.57. The number of imidazole rings is 1. The first-order chi connectivity index (χ1) is 14.4. The Morgan fingerprint density at radius 2 is 2.17 bits per heavy atom. The molecule has 1 fully saturated rings. The lowest BCUT2D eigenvalue weighted by atomic mass is 10.00. The number of carboxylic acid groups (broad SMARTS) is 1. The number of hydrogen-bond donors (Lipinski definition) is 3. The summed E-state index contributed by atoms with van der Waals surface area (Å²) < 4.78 is 10.7. The minimum absolute atomic E-state index is 0.0980. The van der Waals surface area contributed by atoms with Crippen LogP contribution in [0.5, 0.6) is 5.75 Å². The maximum Gasteiger partial charge on any atom is 0.339 e. The maximum absolute atomic E-state index is 12.6. The van der Waals surface area contributed by atoms with Gasteiger partial charge in [0.05, 0.1) is 24.9 Å². The average Bonchev–Trinajstić information content (AvgIpc) is 3.14. The van der Waals surface area contributed by atoms with Crippen LogP contribution in [-0.2, 0) is 11.2 Å². The highest BCUT2D eigenvalue weighted by molar-refractivity contribution is 6.30. The van der Waals surface area contributed by atoms with Crippen LogP contribution in [0.2, 0.25) is 5.15 Å². The summed E-state index contributed by atoms with van der Waals surface area (Å²) in [5, 5.41) is 12.7. The van der Waals surface area contributed by atoms with E-state index in [2.05, 4.69) is 15.3 Å². The molecule has 2 heterocycles. The summed E-state index contributed by atoms with van der Waals surface area (Å²) >= 11 is 6.03. The lowest BCUT2D eigenvalue weighted by Crippen LogP contribution is -2.55. The Morgan fingerprint density at radius 3 is 2.77 bits per heavy atom. The second-order valence-corrected chi connectivity index (χ2v) is 7.34. The van der Waals surface area contributed by atoms with Gasteiger partial charge in [-0.05, 0) is 31.0 Å². The molecule has 2 atom stereocenters. The molecule has 3 rings (SSSR count). The molecule has 0 unspecified atom stereocenters. The molecule has 2 aromatic rings. The number of H-pyrrole nitrogens is 1. The zero-order valence-electron chi connectivity index (χ0n) is 17.1. The van der Waals surface area contributed by atoms with Crippen molar-refractivity contribution in [3.8, 4) is 5.75 Å². The number of anilines is 1. The number of nitrogens with one attached hydrogen (secondary N) is 2. The van der Waals surface area contributed by atoms with Gasteiger partial charge in [0.2, 0.25) is 0 Å². The number of halogens is 1. The Labute approximate surface area is 179 Å². The van der Waals surface area contributed by atoms with E-state index in [0.717, 1.165) is 5.69 Å². The van der Waals surface area contributed by atoms with Gasteiger partial charge in [-0.15, -0.1) is 0 Å². The number of ether oxygens (including phenoxy) is 2. The first-order valence-electron chi connectivity index (χ1n) is 9.62. The molecule has 0 saturated carbocycles. The van der Waals surface area contributed by atoms with E-state index in [1.165, 1.54) is 7.11 Å². The molecule has 1 aromatic heterocycles. The van der Waals surface area contributed by atoms with E-state index in [1.54, 1.807) is 19.2 Å². The fraction of sp³-hybridized carbons (Fsp3) is 0.450. The summed E-state index contributed by atoms with van der Waals surface area (Å²) in [4.78, 5) is 33.1. The number of rotatable bonds is 7. The van der Waals surface area contributed by atoms with Crippen LogP contribution in [0.15, 0.2) is 18.2 Å². The van der Waals surface area contributed by atoms with E-state index in [1.807, 2.05) is 17.9 Å². The Bertz CT molecular complexity index is 932. The van der Waals surface area contributed by atoms with Crippen LogP contribution >= 0.6 is 11.6 Å². The van der Waals surface area contributed by atoms with Crippen molar-refractivity contribution in [3.05, 3.63) is 40.4 Å². The van der Waals surface area contributed by atoms with Gasteiger partial charge >= 0.3 is 5.97 Å². The van der Waals surface area contributed by atoms with Gasteiger partial charge in [-0.1, -0.05) is 18.5 Å². The van der Waals surface area contributed by atoms with Crippen molar-refractivity contribution in [2.75, 3.05) is 32.2 Å². The van der Waals surface area contributed by atoms with Gasteiger partial charge in [0.25, 0.3) is 5.91 Å². The monoisotopic (exact) mass is 436 g/mol. The number of benzene rings is 1. The summed E-state index contributed by atoms with van der Waals surface area (Å²) in [5.74, 6) is -0.909. The lowest BCUT2D eigenvalue weighted by molar-refractivity contribution is 0.0538. The number of piperidine rings is 1. The van der Waals surface area contributed by atoms with Crippen LogP contribution in [-0.4, -0.2) is 66.4 Å². The Morgan fingerprint density at radius 1 is 1.40 bits per heavy atom. The molecule has 3 N–H and O–H groups in total. The maximum atomic E-state index is 12.6. The zero-order chi connectivity index (χ0) is 21.8.